The van der Waals surface area contributed by atoms with Crippen molar-refractivity contribution in [1.82, 2.24) is 0 Å². The number of phenols is 4. The third-order valence-electron chi connectivity index (χ3n) is 15.4. The Morgan fingerprint density at radius 2 is 0.535 bits per heavy atom. The van der Waals surface area contributed by atoms with Crippen LogP contribution in [0, 0.1) is 0 Å². The van der Waals surface area contributed by atoms with Crippen molar-refractivity contribution in [3.63, 3.8) is 0 Å². The zero-order valence-electron chi connectivity index (χ0n) is 52.2. The number of aliphatic imine (C=N–C) groups is 4. The van der Waals surface area contributed by atoms with Crippen LogP contribution in [0.15, 0.2) is 68.5 Å². The Labute approximate surface area is 506 Å². The minimum Gasteiger partial charge on any atom is -0.507 e. The number of fused-ring (bicyclic) bond motifs is 10. The van der Waals surface area contributed by atoms with Gasteiger partial charge in [-0.15, -0.1) is 0 Å². The van der Waals surface area contributed by atoms with E-state index in [-0.39, 0.29) is 122 Å². The SMILES string of the molecule is CC(C)(C)c1cc2cc(c1O)C=N[C@H]1CCCC[C@@H]1N=Cc1cc(cc(C(C)(C)C)c1O)OC(=O)CCOCCC(=O)Oc1cc(c(O)c(C(C)(C)C)c1)C=N[C@@H]1CCCC[C@H]1N=Cc1cc(cc(C(C)(C)C)c1O)OC(=O)CCOCCC(=O)O2. The second-order valence-corrected chi connectivity index (χ2v) is 26.7. The molecular formula is C68H88N4O14. The highest BCUT2D eigenvalue weighted by molar-refractivity contribution is 5.89. The highest BCUT2D eigenvalue weighted by Gasteiger charge is 2.30. The molecule has 0 spiro atoms. The lowest BCUT2D eigenvalue weighted by Gasteiger charge is -2.26. The first-order valence-electron chi connectivity index (χ1n) is 30.1. The lowest BCUT2D eigenvalue weighted by atomic mass is 9.85. The molecule has 0 radical (unpaired) electrons. The molecule has 4 aromatic carbocycles. The first kappa shape index (κ1) is 66.1. The average Bonchev–Trinajstić information content (AvgIpc) is 2.57. The molecule has 464 valence electrons. The number of esters is 4. The molecule has 3 aliphatic rings. The van der Waals surface area contributed by atoms with Gasteiger partial charge < -0.3 is 48.8 Å². The molecule has 1 heterocycles. The van der Waals surface area contributed by atoms with E-state index < -0.39 is 45.5 Å². The standard InChI is InChI=1S/C68H88N4O14/c1-65(2,3)49-33-45-29-41(61(49)77)37-69-53-17-13-14-18-54(53)70-38-42-30-46(34-50(62(42)78)66(4,5)6)85-59(75)23-27-82-28-24-60(76)86-48-32-44(64(80)52(36-48)68(10,11)12)40-72-56-20-16-15-19-55(56)71-39-43-31-47(35-51(63(43)79)67(7,8)9)84-58(74)22-26-81-25-21-57(73)83-45/h29-40,53-56,77-80H,13-28H2,1-12H3/t53-,54-,55+,56+. The van der Waals surface area contributed by atoms with Gasteiger partial charge in [0.2, 0.25) is 0 Å². The molecule has 86 heavy (non-hydrogen) atoms. The van der Waals surface area contributed by atoms with Crippen molar-refractivity contribution >= 4 is 48.7 Å². The Morgan fingerprint density at radius 3 is 0.721 bits per heavy atom. The molecule has 4 aromatic rings. The molecule has 18 heteroatoms. The van der Waals surface area contributed by atoms with Crippen LogP contribution in [0.4, 0.5) is 0 Å². The Morgan fingerprint density at radius 1 is 0.337 bits per heavy atom. The molecule has 4 atom stereocenters. The van der Waals surface area contributed by atoms with Crippen LogP contribution in [-0.2, 0) is 50.3 Å². The van der Waals surface area contributed by atoms with Crippen molar-refractivity contribution in [3.8, 4) is 46.0 Å². The third-order valence-corrected chi connectivity index (χ3v) is 15.4. The van der Waals surface area contributed by atoms with Gasteiger partial charge in [-0.3, -0.25) is 39.1 Å². The number of hydrogen-bond donors (Lipinski definition) is 4. The fourth-order valence-electron chi connectivity index (χ4n) is 10.6. The Hall–Kier alpha value is -7.44. The lowest BCUT2D eigenvalue weighted by molar-refractivity contribution is -0.138. The van der Waals surface area contributed by atoms with Crippen molar-refractivity contribution in [1.29, 1.82) is 0 Å². The molecule has 7 rings (SSSR count). The van der Waals surface area contributed by atoms with E-state index in [4.69, 9.17) is 48.4 Å². The summed E-state index contributed by atoms with van der Waals surface area (Å²) in [7, 11) is 0. The van der Waals surface area contributed by atoms with Crippen LogP contribution in [0.2, 0.25) is 0 Å². The number of ether oxygens (including phenoxy) is 6. The van der Waals surface area contributed by atoms with Gasteiger partial charge in [0.25, 0.3) is 0 Å². The quantitative estimate of drug-likeness (QED) is 0.0944. The molecule has 18 nitrogen and oxygen atoms in total. The van der Waals surface area contributed by atoms with Gasteiger partial charge in [0.15, 0.2) is 0 Å². The fraction of sp³-hybridized carbons (Fsp3) is 0.529. The van der Waals surface area contributed by atoms with E-state index in [0.717, 1.165) is 25.7 Å². The van der Waals surface area contributed by atoms with Gasteiger partial charge in [-0.2, -0.15) is 0 Å². The molecule has 2 aliphatic carbocycles. The van der Waals surface area contributed by atoms with Crippen molar-refractivity contribution in [2.75, 3.05) is 26.4 Å². The summed E-state index contributed by atoms with van der Waals surface area (Å²) >= 11 is 0. The summed E-state index contributed by atoms with van der Waals surface area (Å²) in [4.78, 5) is 72.9. The summed E-state index contributed by atoms with van der Waals surface area (Å²) in [6.45, 7) is 23.1. The molecular weight excluding hydrogens is 1100 g/mol. The highest BCUT2D eigenvalue weighted by Crippen LogP contribution is 2.41. The summed E-state index contributed by atoms with van der Waals surface area (Å²) in [5.74, 6) is -1.51. The van der Waals surface area contributed by atoms with E-state index in [1.165, 1.54) is 0 Å². The van der Waals surface area contributed by atoms with E-state index in [1.807, 2.05) is 83.1 Å². The number of phenolic OH excluding ortho intramolecular Hbond substituents is 4. The van der Waals surface area contributed by atoms with Crippen LogP contribution in [0.1, 0.15) is 205 Å². The molecule has 0 aromatic heterocycles. The molecule has 4 N–H and O–H groups in total. The van der Waals surface area contributed by atoms with Crippen molar-refractivity contribution < 1.29 is 68.0 Å². The van der Waals surface area contributed by atoms with Crippen LogP contribution < -0.4 is 18.9 Å². The average molecular weight is 1190 g/mol. The Bertz CT molecular complexity index is 2800. The van der Waals surface area contributed by atoms with Gasteiger partial charge >= 0.3 is 23.9 Å². The number of carbonyl (C=O) groups excluding carboxylic acids is 4. The monoisotopic (exact) mass is 1180 g/mol. The molecule has 0 unspecified atom stereocenters. The van der Waals surface area contributed by atoms with Gasteiger partial charge in [0, 0.05) is 69.4 Å². The smallest absolute Gasteiger partial charge is 0.313 e. The van der Waals surface area contributed by atoms with Crippen molar-refractivity contribution in [2.45, 2.75) is 206 Å². The number of rotatable bonds is 0. The normalized spacial score (nSPS) is 20.9. The summed E-state index contributed by atoms with van der Waals surface area (Å²) in [5.41, 5.74) is 1.40. The molecule has 0 amide bonds. The maximum absolute atomic E-state index is 13.3. The predicted octanol–water partition coefficient (Wildman–Crippen LogP) is 12.3. The summed E-state index contributed by atoms with van der Waals surface area (Å²) in [5, 5.41) is 46.3. The Balaban J connectivity index is 1.16. The van der Waals surface area contributed by atoms with Gasteiger partial charge in [-0.25, -0.2) is 0 Å². The van der Waals surface area contributed by atoms with Crippen LogP contribution in [0.25, 0.3) is 0 Å². The van der Waals surface area contributed by atoms with E-state index in [2.05, 4.69) is 0 Å². The molecule has 1 aliphatic heterocycles. The second kappa shape index (κ2) is 28.4. The zero-order chi connectivity index (χ0) is 62.7. The summed E-state index contributed by atoms with van der Waals surface area (Å²) in [6.07, 6.45) is 12.2. The second-order valence-electron chi connectivity index (χ2n) is 26.7. The molecule has 2 fully saturated rings. The number of hydrogen-bond acceptors (Lipinski definition) is 18. The number of carbonyl (C=O) groups is 4. The van der Waals surface area contributed by atoms with E-state index in [0.29, 0.717) is 70.2 Å². The minimum absolute atomic E-state index is 0.000972. The maximum atomic E-state index is 13.3. The van der Waals surface area contributed by atoms with Gasteiger partial charge in [0.05, 0.1) is 76.3 Å². The van der Waals surface area contributed by atoms with E-state index >= 15 is 0 Å². The topological polar surface area (TPSA) is 254 Å². The lowest BCUT2D eigenvalue weighted by Crippen LogP contribution is -2.27. The van der Waals surface area contributed by atoms with E-state index in [1.54, 1.807) is 73.4 Å². The van der Waals surface area contributed by atoms with Crippen molar-refractivity contribution in [2.24, 2.45) is 20.0 Å². The van der Waals surface area contributed by atoms with Crippen LogP contribution in [0.3, 0.4) is 0 Å². The first-order chi connectivity index (χ1) is 40.4. The molecule has 2 saturated carbocycles. The number of nitrogens with zero attached hydrogens (tertiary/aromatic N) is 4. The molecule has 0 saturated heterocycles. The Kier molecular flexibility index (Phi) is 21.8. The minimum atomic E-state index is -0.587. The molecule has 8 bridgehead atoms. The maximum Gasteiger partial charge on any atom is 0.313 e. The van der Waals surface area contributed by atoms with Crippen molar-refractivity contribution in [3.05, 3.63) is 93.0 Å². The number of aromatic hydroxyl groups is 4. The summed E-state index contributed by atoms with van der Waals surface area (Å²) < 4.78 is 34.7. The van der Waals surface area contributed by atoms with Gasteiger partial charge in [0.1, 0.15) is 46.0 Å². The summed E-state index contributed by atoms with van der Waals surface area (Å²) in [6, 6.07) is 11.6. The van der Waals surface area contributed by atoms with Crippen LogP contribution in [0.5, 0.6) is 46.0 Å². The number of benzene rings is 4. The fourth-order valence-corrected chi connectivity index (χ4v) is 10.6. The third kappa shape index (κ3) is 18.3. The van der Waals surface area contributed by atoms with Gasteiger partial charge in [-0.1, -0.05) is 109 Å². The van der Waals surface area contributed by atoms with Crippen LogP contribution >= 0.6 is 0 Å². The largest absolute Gasteiger partial charge is 0.507 e. The van der Waals surface area contributed by atoms with E-state index in [9.17, 15) is 39.6 Å². The predicted molar refractivity (Wildman–Crippen MR) is 332 cm³/mol. The van der Waals surface area contributed by atoms with Crippen LogP contribution in [-0.4, -0.2) is 120 Å². The first-order valence-corrected chi connectivity index (χ1v) is 30.1. The van der Waals surface area contributed by atoms with Gasteiger partial charge in [-0.05, 0) is 95.9 Å². The zero-order valence-corrected chi connectivity index (χ0v) is 52.2. The highest BCUT2D eigenvalue weighted by atomic mass is 16.6.